The van der Waals surface area contributed by atoms with Gasteiger partial charge in [0.25, 0.3) is 0 Å². The summed E-state index contributed by atoms with van der Waals surface area (Å²) >= 11 is 0. The Morgan fingerprint density at radius 3 is 1.08 bits per heavy atom. The van der Waals surface area contributed by atoms with E-state index in [0.717, 1.165) is 0 Å². The minimum absolute atomic E-state index is 0.311. The Hall–Kier alpha value is -1.56. The first-order chi connectivity index (χ1) is 11.2. The first kappa shape index (κ1) is 18.8. The van der Waals surface area contributed by atoms with Gasteiger partial charge in [0.1, 0.15) is 0 Å². The van der Waals surface area contributed by atoms with Crippen LogP contribution in [0.3, 0.4) is 0 Å². The van der Waals surface area contributed by atoms with E-state index in [1.807, 2.05) is 0 Å². The first-order valence-corrected chi connectivity index (χ1v) is 9.26. The van der Waals surface area contributed by atoms with Crippen molar-refractivity contribution >= 4 is 0 Å². The molecule has 24 heavy (non-hydrogen) atoms. The molecule has 0 heteroatoms. The van der Waals surface area contributed by atoms with Gasteiger partial charge in [0, 0.05) is 0 Å². The number of hydrogen-bond acceptors (Lipinski definition) is 0. The van der Waals surface area contributed by atoms with Crippen molar-refractivity contribution in [1.82, 2.24) is 0 Å². The number of rotatable bonds is 5. The standard InChI is InChI=1S/C24H34/c1-23(2,3)17-21(19-13-9-7-10-14-19)22(18-24(4,5)6)20-15-11-8-12-16-20/h7-16,21-22H,17-18H2,1-6H3. The molecule has 0 aliphatic carbocycles. The molecule has 0 aliphatic rings. The minimum atomic E-state index is 0.311. The van der Waals surface area contributed by atoms with Gasteiger partial charge in [0.05, 0.1) is 0 Å². The van der Waals surface area contributed by atoms with E-state index in [4.69, 9.17) is 0 Å². The summed E-state index contributed by atoms with van der Waals surface area (Å²) in [6, 6.07) is 22.2. The van der Waals surface area contributed by atoms with Gasteiger partial charge < -0.3 is 0 Å². The molecule has 2 atom stereocenters. The molecule has 2 aromatic carbocycles. The van der Waals surface area contributed by atoms with Crippen molar-refractivity contribution in [2.24, 2.45) is 10.8 Å². The molecule has 0 bridgehead atoms. The average Bonchev–Trinajstić information content (AvgIpc) is 2.50. The third kappa shape index (κ3) is 5.82. The monoisotopic (exact) mass is 322 g/mol. The van der Waals surface area contributed by atoms with Crippen LogP contribution in [0.1, 0.15) is 77.3 Å². The summed E-state index contributed by atoms with van der Waals surface area (Å²) in [6.45, 7) is 14.2. The molecule has 0 nitrogen and oxygen atoms in total. The van der Waals surface area contributed by atoms with Gasteiger partial charge in [0.15, 0.2) is 0 Å². The Kier molecular flexibility index (Phi) is 5.91. The molecule has 0 saturated carbocycles. The normalized spacial score (nSPS) is 15.1. The zero-order chi connectivity index (χ0) is 17.8. The summed E-state index contributed by atoms with van der Waals surface area (Å²) in [7, 11) is 0. The summed E-state index contributed by atoms with van der Waals surface area (Å²) in [4.78, 5) is 0. The second-order valence-corrected chi connectivity index (χ2v) is 9.56. The van der Waals surface area contributed by atoms with Crippen LogP contribution in [0.15, 0.2) is 60.7 Å². The van der Waals surface area contributed by atoms with Gasteiger partial charge in [-0.25, -0.2) is 0 Å². The van der Waals surface area contributed by atoms with Crippen LogP contribution in [0, 0.1) is 10.8 Å². The largest absolute Gasteiger partial charge is 0.0622 e. The van der Waals surface area contributed by atoms with E-state index in [-0.39, 0.29) is 0 Å². The van der Waals surface area contributed by atoms with Crippen LogP contribution in [-0.2, 0) is 0 Å². The van der Waals surface area contributed by atoms with E-state index in [1.54, 1.807) is 0 Å². The molecule has 0 aliphatic heterocycles. The Balaban J connectivity index is 2.47. The molecule has 130 valence electrons. The Bertz CT molecular complexity index is 538. The molecule has 0 saturated heterocycles. The maximum absolute atomic E-state index is 2.36. The summed E-state index contributed by atoms with van der Waals surface area (Å²) < 4.78 is 0. The molecule has 0 spiro atoms. The van der Waals surface area contributed by atoms with E-state index in [2.05, 4.69) is 102 Å². The highest BCUT2D eigenvalue weighted by atomic mass is 14.4. The molecule has 0 heterocycles. The van der Waals surface area contributed by atoms with Crippen molar-refractivity contribution in [2.75, 3.05) is 0 Å². The van der Waals surface area contributed by atoms with Gasteiger partial charge in [-0.05, 0) is 46.6 Å². The second-order valence-electron chi connectivity index (χ2n) is 9.56. The molecular formula is C24H34. The van der Waals surface area contributed by atoms with Crippen LogP contribution >= 0.6 is 0 Å². The third-order valence-corrected chi connectivity index (χ3v) is 4.61. The molecule has 2 unspecified atom stereocenters. The van der Waals surface area contributed by atoms with Crippen molar-refractivity contribution in [3.05, 3.63) is 71.8 Å². The maximum atomic E-state index is 2.36. The highest BCUT2D eigenvalue weighted by Gasteiger charge is 2.31. The number of hydrogen-bond donors (Lipinski definition) is 0. The van der Waals surface area contributed by atoms with Crippen molar-refractivity contribution in [3.63, 3.8) is 0 Å². The minimum Gasteiger partial charge on any atom is -0.0622 e. The topological polar surface area (TPSA) is 0 Å². The van der Waals surface area contributed by atoms with Crippen molar-refractivity contribution < 1.29 is 0 Å². The molecule has 2 rings (SSSR count). The fourth-order valence-corrected chi connectivity index (χ4v) is 3.70. The number of benzene rings is 2. The van der Waals surface area contributed by atoms with Gasteiger partial charge in [0.2, 0.25) is 0 Å². The summed E-state index contributed by atoms with van der Waals surface area (Å²) in [6.07, 6.45) is 2.40. The summed E-state index contributed by atoms with van der Waals surface area (Å²) in [5.74, 6) is 1.10. The lowest BCUT2D eigenvalue weighted by molar-refractivity contribution is 0.263. The van der Waals surface area contributed by atoms with Crippen LogP contribution in [0.25, 0.3) is 0 Å². The van der Waals surface area contributed by atoms with Gasteiger partial charge >= 0.3 is 0 Å². The van der Waals surface area contributed by atoms with Gasteiger partial charge in [-0.3, -0.25) is 0 Å². The summed E-state index contributed by atoms with van der Waals surface area (Å²) in [5, 5.41) is 0. The predicted molar refractivity (Wildman–Crippen MR) is 107 cm³/mol. The van der Waals surface area contributed by atoms with Gasteiger partial charge in [-0.2, -0.15) is 0 Å². The van der Waals surface area contributed by atoms with E-state index in [9.17, 15) is 0 Å². The lowest BCUT2D eigenvalue weighted by atomic mass is 9.68. The molecule has 0 radical (unpaired) electrons. The fourth-order valence-electron chi connectivity index (χ4n) is 3.70. The van der Waals surface area contributed by atoms with Gasteiger partial charge in [-0.15, -0.1) is 0 Å². The zero-order valence-electron chi connectivity index (χ0n) is 16.3. The first-order valence-electron chi connectivity index (χ1n) is 9.26. The van der Waals surface area contributed by atoms with Crippen LogP contribution < -0.4 is 0 Å². The predicted octanol–water partition coefficient (Wildman–Crippen LogP) is 7.43. The Labute approximate surface area is 149 Å². The van der Waals surface area contributed by atoms with Crippen molar-refractivity contribution in [2.45, 2.75) is 66.2 Å². The van der Waals surface area contributed by atoms with Crippen LogP contribution in [0.5, 0.6) is 0 Å². The van der Waals surface area contributed by atoms with Crippen LogP contribution in [0.2, 0.25) is 0 Å². The zero-order valence-corrected chi connectivity index (χ0v) is 16.3. The molecule has 0 N–H and O–H groups in total. The lowest BCUT2D eigenvalue weighted by Gasteiger charge is -2.36. The molecule has 0 amide bonds. The van der Waals surface area contributed by atoms with Crippen LogP contribution in [0.4, 0.5) is 0 Å². The SMILES string of the molecule is CC(C)(C)CC(c1ccccc1)C(CC(C)(C)C)c1ccccc1. The van der Waals surface area contributed by atoms with E-state index in [0.29, 0.717) is 22.7 Å². The smallest absolute Gasteiger partial charge is 0.00879 e. The van der Waals surface area contributed by atoms with E-state index < -0.39 is 0 Å². The maximum Gasteiger partial charge on any atom is -0.00879 e. The quantitative estimate of drug-likeness (QED) is 0.537. The molecular weight excluding hydrogens is 288 g/mol. The van der Waals surface area contributed by atoms with Crippen molar-refractivity contribution in [3.8, 4) is 0 Å². The lowest BCUT2D eigenvalue weighted by Crippen LogP contribution is -2.22. The highest BCUT2D eigenvalue weighted by Crippen LogP contribution is 2.46. The fraction of sp³-hybridized carbons (Fsp3) is 0.500. The van der Waals surface area contributed by atoms with Gasteiger partial charge in [-0.1, -0.05) is 102 Å². The third-order valence-electron chi connectivity index (χ3n) is 4.61. The van der Waals surface area contributed by atoms with Crippen LogP contribution in [-0.4, -0.2) is 0 Å². The molecule has 0 aromatic heterocycles. The highest BCUT2D eigenvalue weighted by molar-refractivity contribution is 5.29. The second kappa shape index (κ2) is 7.55. The molecule has 2 aromatic rings. The average molecular weight is 323 g/mol. The van der Waals surface area contributed by atoms with E-state index in [1.165, 1.54) is 24.0 Å². The van der Waals surface area contributed by atoms with Crippen molar-refractivity contribution in [1.29, 1.82) is 0 Å². The van der Waals surface area contributed by atoms with E-state index >= 15 is 0 Å². The summed E-state index contributed by atoms with van der Waals surface area (Å²) in [5.41, 5.74) is 3.58. The Morgan fingerprint density at radius 1 is 0.542 bits per heavy atom. The molecule has 0 fully saturated rings. The Morgan fingerprint density at radius 2 is 0.833 bits per heavy atom.